The lowest BCUT2D eigenvalue weighted by molar-refractivity contribution is 0.567. The molecule has 4 aromatic heterocycles. The molecular weight excluding hydrogens is 771 g/mol. The first-order valence-electron chi connectivity index (χ1n) is 21.5. The van der Waals surface area contributed by atoms with Crippen molar-refractivity contribution in [3.05, 3.63) is 210 Å². The van der Waals surface area contributed by atoms with E-state index in [2.05, 4.69) is 149 Å². The summed E-state index contributed by atoms with van der Waals surface area (Å²) in [6, 6.07) is 68.2. The molecule has 1 aliphatic rings. The number of para-hydroxylation sites is 4. The minimum Gasteiger partial charge on any atom is -0.454 e. The van der Waals surface area contributed by atoms with Crippen LogP contribution in [0.3, 0.4) is 0 Å². The average Bonchev–Trinajstić information content (AvgIpc) is 4.03. The highest BCUT2D eigenvalue weighted by molar-refractivity contribution is 6.24. The molecule has 296 valence electrons. The number of furan rings is 1. The van der Waals surface area contributed by atoms with Crippen molar-refractivity contribution in [2.24, 2.45) is 0 Å². The summed E-state index contributed by atoms with van der Waals surface area (Å²) in [4.78, 5) is 15.3. The van der Waals surface area contributed by atoms with E-state index < -0.39 is 0 Å². The molecule has 63 heavy (non-hydrogen) atoms. The normalized spacial score (nSPS) is 12.7. The van der Waals surface area contributed by atoms with E-state index in [0.29, 0.717) is 17.5 Å². The van der Waals surface area contributed by atoms with Gasteiger partial charge in [0.15, 0.2) is 23.1 Å². The van der Waals surface area contributed by atoms with Gasteiger partial charge in [0, 0.05) is 60.1 Å². The van der Waals surface area contributed by atoms with Crippen LogP contribution in [0, 0.1) is 0 Å². The van der Waals surface area contributed by atoms with Crippen LogP contribution < -0.4 is 10.6 Å². The number of fused-ring (bicyclic) bond motifs is 10. The maximum Gasteiger partial charge on any atom is 0.164 e. The Hall–Kier alpha value is -8.35. The summed E-state index contributed by atoms with van der Waals surface area (Å²) < 4.78 is 12.2. The van der Waals surface area contributed by atoms with Crippen molar-refractivity contribution in [1.82, 2.24) is 24.1 Å². The van der Waals surface area contributed by atoms with E-state index in [1.165, 1.54) is 32.6 Å². The van der Waals surface area contributed by atoms with Crippen LogP contribution in [-0.4, -0.2) is 24.1 Å². The van der Waals surface area contributed by atoms with Crippen LogP contribution >= 0.6 is 0 Å². The smallest absolute Gasteiger partial charge is 0.164 e. The fourth-order valence-electron chi connectivity index (χ4n) is 9.92. The van der Waals surface area contributed by atoms with Gasteiger partial charge in [0.05, 0.1) is 27.8 Å². The third kappa shape index (κ3) is 5.48. The number of hydrogen-bond donors (Lipinski definition) is 0. The molecule has 12 aromatic rings. The first-order valence-corrected chi connectivity index (χ1v) is 21.5. The summed E-state index contributed by atoms with van der Waals surface area (Å²) in [5.74, 6) is 1.90. The molecule has 0 saturated heterocycles. The predicted octanol–water partition coefficient (Wildman–Crippen LogP) is 12.6. The molecule has 0 fully saturated rings. The van der Waals surface area contributed by atoms with E-state index in [1.807, 2.05) is 60.7 Å². The van der Waals surface area contributed by atoms with E-state index >= 15 is 0 Å². The molecule has 6 heteroatoms. The van der Waals surface area contributed by atoms with Gasteiger partial charge in [-0.3, -0.25) is 0 Å². The minimum atomic E-state index is 0.627. The van der Waals surface area contributed by atoms with Crippen LogP contribution in [0.15, 0.2) is 199 Å². The minimum absolute atomic E-state index is 0.627. The summed E-state index contributed by atoms with van der Waals surface area (Å²) in [6.45, 7) is 0. The molecule has 0 amide bonds. The molecule has 6 nitrogen and oxygen atoms in total. The second-order valence-corrected chi connectivity index (χ2v) is 16.2. The van der Waals surface area contributed by atoms with Gasteiger partial charge in [0.25, 0.3) is 0 Å². The molecule has 0 saturated carbocycles. The summed E-state index contributed by atoms with van der Waals surface area (Å²) >= 11 is 0. The molecule has 8 aromatic carbocycles. The van der Waals surface area contributed by atoms with Crippen LogP contribution in [0.5, 0.6) is 0 Å². The van der Waals surface area contributed by atoms with E-state index in [0.717, 1.165) is 84.7 Å². The van der Waals surface area contributed by atoms with Crippen molar-refractivity contribution in [3.63, 3.8) is 0 Å². The zero-order valence-electron chi connectivity index (χ0n) is 34.1. The molecule has 4 heterocycles. The van der Waals surface area contributed by atoms with Gasteiger partial charge < -0.3 is 13.6 Å². The van der Waals surface area contributed by atoms with Gasteiger partial charge in [-0.15, -0.1) is 0 Å². The van der Waals surface area contributed by atoms with Crippen molar-refractivity contribution in [2.75, 3.05) is 0 Å². The zero-order chi connectivity index (χ0) is 41.4. The van der Waals surface area contributed by atoms with Crippen molar-refractivity contribution in [2.45, 2.75) is 12.8 Å². The fourth-order valence-corrected chi connectivity index (χ4v) is 9.92. The lowest BCUT2D eigenvalue weighted by Crippen LogP contribution is -2.26. The lowest BCUT2D eigenvalue weighted by atomic mass is 9.92. The van der Waals surface area contributed by atoms with Gasteiger partial charge in [0.2, 0.25) is 0 Å². The molecule has 0 atom stereocenters. The molecular formula is C57H37N5O. The number of benzene rings is 8. The largest absolute Gasteiger partial charge is 0.454 e. The highest BCUT2D eigenvalue weighted by Crippen LogP contribution is 2.42. The summed E-state index contributed by atoms with van der Waals surface area (Å²) in [6.07, 6.45) is 4.04. The lowest BCUT2D eigenvalue weighted by Gasteiger charge is -2.14. The second kappa shape index (κ2) is 14.1. The third-order valence-electron chi connectivity index (χ3n) is 12.7. The molecule has 0 spiro atoms. The van der Waals surface area contributed by atoms with Crippen molar-refractivity contribution >= 4 is 66.2 Å². The number of aromatic nitrogens is 5. The Labute approximate surface area is 362 Å². The van der Waals surface area contributed by atoms with Crippen LogP contribution in [0.4, 0.5) is 0 Å². The van der Waals surface area contributed by atoms with E-state index in [-0.39, 0.29) is 0 Å². The molecule has 0 unspecified atom stereocenters. The first-order chi connectivity index (χ1) is 31.3. The number of hydrogen-bond acceptors (Lipinski definition) is 4. The maximum atomic E-state index is 7.32. The Morgan fingerprint density at radius 1 is 0.413 bits per heavy atom. The molecule has 0 radical (unpaired) electrons. The Balaban J connectivity index is 1.08. The van der Waals surface area contributed by atoms with Crippen LogP contribution in [-0.2, 0) is 0 Å². The Morgan fingerprint density at radius 3 is 1.60 bits per heavy atom. The van der Waals surface area contributed by atoms with E-state index in [1.54, 1.807) is 0 Å². The van der Waals surface area contributed by atoms with Crippen LogP contribution in [0.2, 0.25) is 0 Å². The van der Waals surface area contributed by atoms with Crippen LogP contribution in [0.25, 0.3) is 112 Å². The standard InChI is InChI=1S/C57H37N5O/c1-4-18-36(19-5-1)55-58-56(37-20-6-2-7-21-37)60-57(59-55)47-27-11-10-24-39(47)44-28-16-29-45-46-30-17-33-50(54(46)63-53(44)45)62-49-32-15-13-26-41(49)43-35-34-42-40-25-12-14-31-48(40)61(51(42)52(43)62)38-22-8-3-9-23-38/h1-15,17-27,29-35H,16,28H2. The summed E-state index contributed by atoms with van der Waals surface area (Å²) in [5, 5.41) is 7.04. The van der Waals surface area contributed by atoms with Crippen molar-refractivity contribution < 1.29 is 4.42 Å². The van der Waals surface area contributed by atoms with Gasteiger partial charge in [0.1, 0.15) is 5.42 Å². The van der Waals surface area contributed by atoms with E-state index in [9.17, 15) is 0 Å². The summed E-state index contributed by atoms with van der Waals surface area (Å²) in [5.41, 5.74) is 13.5. The van der Waals surface area contributed by atoms with Crippen molar-refractivity contribution in [3.8, 4) is 45.5 Å². The monoisotopic (exact) mass is 807 g/mol. The topological polar surface area (TPSA) is 61.7 Å². The maximum absolute atomic E-state index is 7.32. The van der Waals surface area contributed by atoms with Gasteiger partial charge >= 0.3 is 0 Å². The predicted molar refractivity (Wildman–Crippen MR) is 256 cm³/mol. The van der Waals surface area contributed by atoms with E-state index in [4.69, 9.17) is 19.4 Å². The number of nitrogens with zero attached hydrogens (tertiary/aromatic N) is 5. The fraction of sp³-hybridized carbons (Fsp3) is 0.0351. The Morgan fingerprint density at radius 2 is 0.937 bits per heavy atom. The third-order valence-corrected chi connectivity index (χ3v) is 12.7. The molecule has 0 N–H and O–H groups in total. The zero-order valence-corrected chi connectivity index (χ0v) is 34.1. The highest BCUT2D eigenvalue weighted by Gasteiger charge is 2.25. The highest BCUT2D eigenvalue weighted by atomic mass is 16.3. The average molecular weight is 808 g/mol. The van der Waals surface area contributed by atoms with Crippen LogP contribution in [0.1, 0.15) is 18.4 Å². The van der Waals surface area contributed by atoms with Gasteiger partial charge in [-0.2, -0.15) is 0 Å². The SMILES string of the molecule is C1=c2c(oc3c(-n4c5ccccc5c5ccc6c7ccccc7n(-c7ccccc7)c6c54)cccc23)=C(c2ccccc2-c2nc(-c3ccccc3)nc(-c3ccccc3)n2)CC1. The number of rotatable bonds is 6. The molecule has 0 bridgehead atoms. The summed E-state index contributed by atoms with van der Waals surface area (Å²) in [7, 11) is 0. The Kier molecular flexibility index (Phi) is 7.93. The van der Waals surface area contributed by atoms with Crippen molar-refractivity contribution in [1.29, 1.82) is 0 Å². The first kappa shape index (κ1) is 35.4. The van der Waals surface area contributed by atoms with Gasteiger partial charge in [-0.05, 0) is 48.7 Å². The second-order valence-electron chi connectivity index (χ2n) is 16.2. The molecule has 1 aliphatic carbocycles. The van der Waals surface area contributed by atoms with Gasteiger partial charge in [-0.1, -0.05) is 170 Å². The molecule has 13 rings (SSSR count). The molecule has 0 aliphatic heterocycles. The quantitative estimate of drug-likeness (QED) is 0.168. The Bertz CT molecular complexity index is 3840. The van der Waals surface area contributed by atoms with Gasteiger partial charge in [-0.25, -0.2) is 15.0 Å².